The second-order valence-corrected chi connectivity index (χ2v) is 5.17. The van der Waals surface area contributed by atoms with Crippen LogP contribution in [-0.2, 0) is 4.79 Å². The van der Waals surface area contributed by atoms with Crippen LogP contribution in [-0.4, -0.2) is 31.1 Å². The summed E-state index contributed by atoms with van der Waals surface area (Å²) >= 11 is 0. The van der Waals surface area contributed by atoms with Gasteiger partial charge >= 0.3 is 0 Å². The Bertz CT molecular complexity index is 242. The zero-order valence-corrected chi connectivity index (χ0v) is 10.7. The smallest absolute Gasteiger partial charge is 0.238 e. The van der Waals surface area contributed by atoms with Gasteiger partial charge in [0.25, 0.3) is 0 Å². The maximum Gasteiger partial charge on any atom is 0.238 e. The molecular weight excluding hydrogens is 202 g/mol. The van der Waals surface area contributed by atoms with Crippen LogP contribution in [0.3, 0.4) is 0 Å². The fourth-order valence-corrected chi connectivity index (χ4v) is 2.46. The quantitative estimate of drug-likeness (QED) is 0.640. The van der Waals surface area contributed by atoms with E-state index in [4.69, 9.17) is 5.73 Å². The van der Waals surface area contributed by atoms with Crippen molar-refractivity contribution in [2.45, 2.75) is 39.2 Å². The second-order valence-electron chi connectivity index (χ2n) is 5.17. The number of hydrogen-bond donors (Lipinski definition) is 3. The fraction of sp³-hybridized carbons (Fsp3) is 0.917. The van der Waals surface area contributed by atoms with E-state index in [9.17, 15) is 4.79 Å². The summed E-state index contributed by atoms with van der Waals surface area (Å²) in [6.07, 6.45) is 1.77. The Balaban J connectivity index is 2.79. The molecule has 4 heteroatoms. The summed E-state index contributed by atoms with van der Waals surface area (Å²) in [6.45, 7) is 8.99. The van der Waals surface area contributed by atoms with Gasteiger partial charge in [-0.15, -0.1) is 0 Å². The SMILES string of the molecule is CCC1CNCCC1(NCC(C)C)C(N)=O. The first-order chi connectivity index (χ1) is 7.53. The van der Waals surface area contributed by atoms with E-state index < -0.39 is 5.54 Å². The van der Waals surface area contributed by atoms with E-state index in [1.54, 1.807) is 0 Å². The minimum absolute atomic E-state index is 0.193. The molecule has 0 radical (unpaired) electrons. The summed E-state index contributed by atoms with van der Waals surface area (Å²) in [5.41, 5.74) is 5.13. The normalized spacial score (nSPS) is 30.6. The molecule has 1 heterocycles. The first-order valence-electron chi connectivity index (χ1n) is 6.28. The van der Waals surface area contributed by atoms with Crippen LogP contribution in [0.5, 0.6) is 0 Å². The van der Waals surface area contributed by atoms with Crippen molar-refractivity contribution in [1.82, 2.24) is 10.6 Å². The van der Waals surface area contributed by atoms with Crippen LogP contribution in [0.2, 0.25) is 0 Å². The highest BCUT2D eigenvalue weighted by molar-refractivity contribution is 5.85. The van der Waals surface area contributed by atoms with Crippen molar-refractivity contribution in [2.24, 2.45) is 17.6 Å². The number of primary amides is 1. The molecule has 0 aromatic carbocycles. The lowest BCUT2D eigenvalue weighted by atomic mass is 9.76. The van der Waals surface area contributed by atoms with E-state index in [1.165, 1.54) is 0 Å². The third-order valence-electron chi connectivity index (χ3n) is 3.54. The highest BCUT2D eigenvalue weighted by Crippen LogP contribution is 2.27. The Kier molecular flexibility index (Phi) is 4.74. The van der Waals surface area contributed by atoms with Crippen LogP contribution in [0.1, 0.15) is 33.6 Å². The van der Waals surface area contributed by atoms with Gasteiger partial charge in [-0.25, -0.2) is 0 Å². The number of nitrogens with two attached hydrogens (primary N) is 1. The van der Waals surface area contributed by atoms with E-state index in [1.807, 2.05) is 0 Å². The molecule has 1 fully saturated rings. The summed E-state index contributed by atoms with van der Waals surface area (Å²) < 4.78 is 0. The summed E-state index contributed by atoms with van der Waals surface area (Å²) in [7, 11) is 0. The molecule has 0 spiro atoms. The molecule has 1 aliphatic heterocycles. The summed E-state index contributed by atoms with van der Waals surface area (Å²) in [5.74, 6) is 0.641. The molecule has 94 valence electrons. The summed E-state index contributed by atoms with van der Waals surface area (Å²) in [5, 5.41) is 6.76. The molecule has 1 saturated heterocycles. The number of piperidine rings is 1. The third-order valence-corrected chi connectivity index (χ3v) is 3.54. The minimum atomic E-state index is -0.496. The average molecular weight is 227 g/mol. The lowest BCUT2D eigenvalue weighted by Gasteiger charge is -2.43. The van der Waals surface area contributed by atoms with Crippen molar-refractivity contribution in [3.8, 4) is 0 Å². The Morgan fingerprint density at radius 3 is 2.81 bits per heavy atom. The molecule has 0 aromatic heterocycles. The largest absolute Gasteiger partial charge is 0.368 e. The Labute approximate surface area is 98.3 Å². The van der Waals surface area contributed by atoms with Crippen LogP contribution < -0.4 is 16.4 Å². The van der Waals surface area contributed by atoms with E-state index >= 15 is 0 Å². The molecule has 2 atom stereocenters. The molecule has 0 aromatic rings. The molecule has 1 aliphatic rings. The maximum absolute atomic E-state index is 11.8. The highest BCUT2D eigenvalue weighted by Gasteiger charge is 2.44. The summed E-state index contributed by atoms with van der Waals surface area (Å²) in [6, 6.07) is 0. The van der Waals surface area contributed by atoms with Crippen molar-refractivity contribution in [3.05, 3.63) is 0 Å². The topological polar surface area (TPSA) is 67.2 Å². The monoisotopic (exact) mass is 227 g/mol. The number of carbonyl (C=O) groups is 1. The van der Waals surface area contributed by atoms with Gasteiger partial charge in [-0.2, -0.15) is 0 Å². The molecule has 1 rings (SSSR count). The van der Waals surface area contributed by atoms with E-state index in [0.717, 1.165) is 32.5 Å². The van der Waals surface area contributed by atoms with Crippen molar-refractivity contribution < 1.29 is 4.79 Å². The van der Waals surface area contributed by atoms with Crippen molar-refractivity contribution in [2.75, 3.05) is 19.6 Å². The number of carbonyl (C=O) groups excluding carboxylic acids is 1. The van der Waals surface area contributed by atoms with Crippen molar-refractivity contribution >= 4 is 5.91 Å². The lowest BCUT2D eigenvalue weighted by molar-refractivity contribution is -0.128. The standard InChI is InChI=1S/C12H25N3O/c1-4-10-8-14-6-5-12(10,11(13)16)15-7-9(2)3/h9-10,14-15H,4-8H2,1-3H3,(H2,13,16). The van der Waals surface area contributed by atoms with Crippen LogP contribution in [0.15, 0.2) is 0 Å². The lowest BCUT2D eigenvalue weighted by Crippen LogP contribution is -2.66. The Hall–Kier alpha value is -0.610. The van der Waals surface area contributed by atoms with Gasteiger partial charge in [0.15, 0.2) is 0 Å². The molecule has 4 nitrogen and oxygen atoms in total. The predicted molar refractivity (Wildman–Crippen MR) is 66.0 cm³/mol. The van der Waals surface area contributed by atoms with E-state index in [0.29, 0.717) is 11.8 Å². The molecule has 2 unspecified atom stereocenters. The first-order valence-corrected chi connectivity index (χ1v) is 6.28. The molecule has 0 aliphatic carbocycles. The molecule has 0 bridgehead atoms. The Morgan fingerprint density at radius 1 is 1.62 bits per heavy atom. The van der Waals surface area contributed by atoms with Crippen LogP contribution in [0.25, 0.3) is 0 Å². The van der Waals surface area contributed by atoms with Gasteiger partial charge in [-0.1, -0.05) is 20.8 Å². The first kappa shape index (κ1) is 13.5. The number of rotatable bonds is 5. The number of nitrogens with one attached hydrogen (secondary N) is 2. The van der Waals surface area contributed by atoms with Crippen molar-refractivity contribution in [3.63, 3.8) is 0 Å². The van der Waals surface area contributed by atoms with Gasteiger partial charge in [-0.3, -0.25) is 4.79 Å². The van der Waals surface area contributed by atoms with Gasteiger partial charge in [0.2, 0.25) is 5.91 Å². The van der Waals surface area contributed by atoms with Gasteiger partial charge in [0.1, 0.15) is 5.54 Å². The Morgan fingerprint density at radius 2 is 2.31 bits per heavy atom. The average Bonchev–Trinajstić information content (AvgIpc) is 2.26. The van der Waals surface area contributed by atoms with Crippen LogP contribution >= 0.6 is 0 Å². The molecule has 0 saturated carbocycles. The van der Waals surface area contributed by atoms with E-state index in [-0.39, 0.29) is 5.91 Å². The van der Waals surface area contributed by atoms with Gasteiger partial charge in [0.05, 0.1) is 0 Å². The zero-order valence-electron chi connectivity index (χ0n) is 10.7. The molecular formula is C12H25N3O. The van der Waals surface area contributed by atoms with Crippen molar-refractivity contribution in [1.29, 1.82) is 0 Å². The predicted octanol–water partition coefficient (Wildman–Crippen LogP) is 0.476. The molecule has 16 heavy (non-hydrogen) atoms. The van der Waals surface area contributed by atoms with Crippen LogP contribution in [0, 0.1) is 11.8 Å². The van der Waals surface area contributed by atoms with Crippen LogP contribution in [0.4, 0.5) is 0 Å². The fourth-order valence-electron chi connectivity index (χ4n) is 2.46. The van der Waals surface area contributed by atoms with Gasteiger partial charge in [0, 0.05) is 6.54 Å². The third kappa shape index (κ3) is 2.74. The molecule has 1 amide bonds. The minimum Gasteiger partial charge on any atom is -0.368 e. The summed E-state index contributed by atoms with van der Waals surface area (Å²) in [4.78, 5) is 11.8. The second kappa shape index (κ2) is 5.64. The molecule has 4 N–H and O–H groups in total. The zero-order chi connectivity index (χ0) is 12.2. The van der Waals surface area contributed by atoms with Gasteiger partial charge < -0.3 is 16.4 Å². The van der Waals surface area contributed by atoms with Gasteiger partial charge in [-0.05, 0) is 37.8 Å². The number of amides is 1. The number of hydrogen-bond acceptors (Lipinski definition) is 3. The van der Waals surface area contributed by atoms with E-state index in [2.05, 4.69) is 31.4 Å². The maximum atomic E-state index is 11.8. The highest BCUT2D eigenvalue weighted by atomic mass is 16.1.